The number of nitrogens with zero attached hydrogens (tertiary/aromatic N) is 2. The molecule has 0 atom stereocenters. The Hall–Kier alpha value is -1.10. The van der Waals surface area contributed by atoms with E-state index in [1.54, 1.807) is 0 Å². The van der Waals surface area contributed by atoms with E-state index < -0.39 is 0 Å². The van der Waals surface area contributed by atoms with Crippen LogP contribution in [-0.4, -0.2) is 62.8 Å². The highest BCUT2D eigenvalue weighted by Crippen LogP contribution is 2.19. The first-order chi connectivity index (χ1) is 10.3. The van der Waals surface area contributed by atoms with Crippen LogP contribution in [0.2, 0.25) is 0 Å². The second-order valence-corrected chi connectivity index (χ2v) is 5.59. The molecule has 118 valence electrons. The third kappa shape index (κ3) is 5.65. The first kappa shape index (κ1) is 16.3. The maximum atomic E-state index is 5.70. The van der Waals surface area contributed by atoms with Crippen molar-refractivity contribution in [3.63, 3.8) is 0 Å². The molecule has 1 aromatic carbocycles. The predicted molar refractivity (Wildman–Crippen MR) is 85.8 cm³/mol. The average molecular weight is 292 g/mol. The highest BCUT2D eigenvalue weighted by molar-refractivity contribution is 5.33. The summed E-state index contributed by atoms with van der Waals surface area (Å²) in [7, 11) is 2.18. The van der Waals surface area contributed by atoms with Crippen molar-refractivity contribution >= 4 is 0 Å². The first-order valence-electron chi connectivity index (χ1n) is 7.99. The summed E-state index contributed by atoms with van der Waals surface area (Å²) in [6, 6.07) is 8.32. The van der Waals surface area contributed by atoms with Crippen molar-refractivity contribution in [3.05, 3.63) is 29.8 Å². The van der Waals surface area contributed by atoms with Gasteiger partial charge in [0, 0.05) is 44.9 Å². The lowest BCUT2D eigenvalue weighted by Gasteiger charge is -2.24. The van der Waals surface area contributed by atoms with Crippen LogP contribution >= 0.6 is 0 Å². The van der Waals surface area contributed by atoms with E-state index in [1.807, 2.05) is 13.0 Å². The molecule has 21 heavy (non-hydrogen) atoms. The molecule has 0 aliphatic carbocycles. The quantitative estimate of drug-likeness (QED) is 0.769. The van der Waals surface area contributed by atoms with Crippen LogP contribution in [0.5, 0.6) is 5.75 Å². The number of benzene rings is 1. The van der Waals surface area contributed by atoms with Crippen LogP contribution in [0.3, 0.4) is 0 Å². The lowest BCUT2D eigenvalue weighted by Crippen LogP contribution is -2.34. The summed E-state index contributed by atoms with van der Waals surface area (Å²) < 4.78 is 11.2. The fourth-order valence-corrected chi connectivity index (χ4v) is 2.63. The molecule has 0 bridgehead atoms. The highest BCUT2D eigenvalue weighted by atomic mass is 16.5. The van der Waals surface area contributed by atoms with Gasteiger partial charge in [0.25, 0.3) is 0 Å². The van der Waals surface area contributed by atoms with E-state index in [2.05, 4.69) is 35.0 Å². The second-order valence-electron chi connectivity index (χ2n) is 5.59. The summed E-state index contributed by atoms with van der Waals surface area (Å²) in [6.07, 6.45) is 1.15. The minimum Gasteiger partial charge on any atom is -0.494 e. The molecule has 4 heteroatoms. The monoisotopic (exact) mass is 292 g/mol. The molecule has 0 amide bonds. The van der Waals surface area contributed by atoms with Crippen LogP contribution < -0.4 is 4.74 Å². The van der Waals surface area contributed by atoms with Gasteiger partial charge in [-0.25, -0.2) is 0 Å². The van der Waals surface area contributed by atoms with Crippen molar-refractivity contribution in [2.24, 2.45) is 0 Å². The van der Waals surface area contributed by atoms with Crippen molar-refractivity contribution in [2.75, 3.05) is 53.0 Å². The Morgan fingerprint density at radius 2 is 2.10 bits per heavy atom. The zero-order valence-corrected chi connectivity index (χ0v) is 13.4. The molecule has 1 aliphatic heterocycles. The third-order valence-corrected chi connectivity index (χ3v) is 3.83. The maximum Gasteiger partial charge on any atom is 0.123 e. The van der Waals surface area contributed by atoms with E-state index in [-0.39, 0.29) is 0 Å². The van der Waals surface area contributed by atoms with Crippen LogP contribution in [0.25, 0.3) is 0 Å². The fraction of sp³-hybridized carbons (Fsp3) is 0.647. The third-order valence-electron chi connectivity index (χ3n) is 3.83. The summed E-state index contributed by atoms with van der Waals surface area (Å²) in [5, 5.41) is 0. The Bertz CT molecular complexity index is 404. The van der Waals surface area contributed by atoms with Crippen molar-refractivity contribution in [1.82, 2.24) is 9.80 Å². The molecule has 1 aromatic rings. The summed E-state index contributed by atoms with van der Waals surface area (Å²) >= 11 is 0. The SMILES string of the molecule is CCOc1ccccc1CN(C)CCN1CCCOCC1. The van der Waals surface area contributed by atoms with Gasteiger partial charge in [-0.1, -0.05) is 18.2 Å². The second kappa shape index (κ2) is 9.03. The average Bonchev–Trinajstić information content (AvgIpc) is 2.76. The largest absolute Gasteiger partial charge is 0.494 e. The minimum atomic E-state index is 0.717. The molecule has 0 aromatic heterocycles. The summed E-state index contributed by atoms with van der Waals surface area (Å²) in [5.41, 5.74) is 1.26. The number of hydrogen-bond acceptors (Lipinski definition) is 4. The van der Waals surface area contributed by atoms with E-state index in [1.165, 1.54) is 5.56 Å². The summed E-state index contributed by atoms with van der Waals surface area (Å²) in [5.74, 6) is 1.01. The van der Waals surface area contributed by atoms with Crippen LogP contribution in [0.15, 0.2) is 24.3 Å². The van der Waals surface area contributed by atoms with E-state index in [0.29, 0.717) is 6.61 Å². The van der Waals surface area contributed by atoms with Gasteiger partial charge in [0.15, 0.2) is 0 Å². The lowest BCUT2D eigenvalue weighted by molar-refractivity contribution is 0.139. The summed E-state index contributed by atoms with van der Waals surface area (Å²) in [4.78, 5) is 4.86. The van der Waals surface area contributed by atoms with E-state index in [9.17, 15) is 0 Å². The van der Waals surface area contributed by atoms with Crippen LogP contribution in [0.1, 0.15) is 18.9 Å². The Labute approximate surface area is 128 Å². The fourth-order valence-electron chi connectivity index (χ4n) is 2.63. The Morgan fingerprint density at radius 1 is 1.24 bits per heavy atom. The molecule has 4 nitrogen and oxygen atoms in total. The van der Waals surface area contributed by atoms with Crippen LogP contribution in [-0.2, 0) is 11.3 Å². The van der Waals surface area contributed by atoms with Gasteiger partial charge < -0.3 is 14.4 Å². The molecular weight excluding hydrogens is 264 g/mol. The van der Waals surface area contributed by atoms with Gasteiger partial charge in [-0.3, -0.25) is 4.90 Å². The zero-order chi connectivity index (χ0) is 14.9. The maximum absolute atomic E-state index is 5.70. The predicted octanol–water partition coefficient (Wildman–Crippen LogP) is 2.24. The normalized spacial score (nSPS) is 16.9. The molecule has 0 unspecified atom stereocenters. The van der Waals surface area contributed by atoms with Crippen molar-refractivity contribution in [3.8, 4) is 5.75 Å². The minimum absolute atomic E-state index is 0.717. The Balaban J connectivity index is 1.79. The van der Waals surface area contributed by atoms with Crippen LogP contribution in [0, 0.1) is 0 Å². The van der Waals surface area contributed by atoms with Crippen molar-refractivity contribution in [1.29, 1.82) is 0 Å². The molecule has 0 spiro atoms. The highest BCUT2D eigenvalue weighted by Gasteiger charge is 2.11. The van der Waals surface area contributed by atoms with Crippen molar-refractivity contribution < 1.29 is 9.47 Å². The number of para-hydroxylation sites is 1. The molecule has 0 radical (unpaired) electrons. The van der Waals surface area contributed by atoms with Crippen LogP contribution in [0.4, 0.5) is 0 Å². The number of hydrogen-bond donors (Lipinski definition) is 0. The molecular formula is C17H28N2O2. The Kier molecular flexibility index (Phi) is 7.00. The van der Waals surface area contributed by atoms with Crippen molar-refractivity contribution in [2.45, 2.75) is 19.9 Å². The molecule has 0 N–H and O–H groups in total. The number of ether oxygens (including phenoxy) is 2. The van der Waals surface area contributed by atoms with Gasteiger partial charge in [0.05, 0.1) is 13.2 Å². The van der Waals surface area contributed by atoms with Gasteiger partial charge in [0.1, 0.15) is 5.75 Å². The topological polar surface area (TPSA) is 24.9 Å². The molecule has 1 fully saturated rings. The van der Waals surface area contributed by atoms with Gasteiger partial charge in [0.2, 0.25) is 0 Å². The van der Waals surface area contributed by atoms with Gasteiger partial charge >= 0.3 is 0 Å². The van der Waals surface area contributed by atoms with E-state index >= 15 is 0 Å². The molecule has 1 heterocycles. The number of rotatable bonds is 7. The summed E-state index contributed by atoms with van der Waals surface area (Å²) in [6.45, 7) is 9.85. The first-order valence-corrected chi connectivity index (χ1v) is 7.99. The van der Waals surface area contributed by atoms with E-state index in [4.69, 9.17) is 9.47 Å². The molecule has 0 saturated carbocycles. The smallest absolute Gasteiger partial charge is 0.123 e. The van der Waals surface area contributed by atoms with E-state index in [0.717, 1.165) is 58.1 Å². The Morgan fingerprint density at radius 3 is 2.95 bits per heavy atom. The van der Waals surface area contributed by atoms with Gasteiger partial charge in [-0.2, -0.15) is 0 Å². The lowest BCUT2D eigenvalue weighted by atomic mass is 10.2. The molecule has 2 rings (SSSR count). The van der Waals surface area contributed by atoms with Gasteiger partial charge in [-0.05, 0) is 26.5 Å². The van der Waals surface area contributed by atoms with Gasteiger partial charge in [-0.15, -0.1) is 0 Å². The number of likely N-dealkylation sites (N-methyl/N-ethyl adjacent to an activating group) is 1. The standard InChI is InChI=1S/C17H28N2O2/c1-3-21-17-8-5-4-7-16(17)15-18(2)10-11-19-9-6-13-20-14-12-19/h4-5,7-8H,3,6,9-15H2,1-2H3. The zero-order valence-electron chi connectivity index (χ0n) is 13.4. The molecule has 1 aliphatic rings. The molecule has 1 saturated heterocycles.